The van der Waals surface area contributed by atoms with Crippen molar-refractivity contribution in [2.24, 2.45) is 17.1 Å². The molecule has 0 aromatic heterocycles. The topological polar surface area (TPSA) is 29.3 Å². The van der Waals surface area contributed by atoms with Gasteiger partial charge in [-0.05, 0) is 50.2 Å². The molecule has 2 N–H and O–H groups in total. The Bertz CT molecular complexity index is 177. The van der Waals surface area contributed by atoms with E-state index in [0.29, 0.717) is 5.41 Å². The average Bonchev–Trinajstić information content (AvgIpc) is 2.66. The van der Waals surface area contributed by atoms with E-state index in [9.17, 15) is 0 Å². The summed E-state index contributed by atoms with van der Waals surface area (Å²) in [5.74, 6) is 0.965. The van der Waals surface area contributed by atoms with Gasteiger partial charge in [-0.2, -0.15) is 0 Å². The van der Waals surface area contributed by atoms with Crippen LogP contribution in [0.25, 0.3) is 0 Å². The van der Waals surface area contributed by atoms with Crippen LogP contribution >= 0.6 is 0 Å². The minimum atomic E-state index is 0.337. The van der Waals surface area contributed by atoms with Crippen molar-refractivity contribution in [1.29, 1.82) is 0 Å². The van der Waals surface area contributed by atoms with E-state index in [4.69, 9.17) is 5.73 Å². The third-order valence-corrected chi connectivity index (χ3v) is 3.83. The van der Waals surface area contributed by atoms with Crippen LogP contribution in [0.2, 0.25) is 0 Å². The minimum absolute atomic E-state index is 0.337. The molecule has 0 bridgehead atoms. The van der Waals surface area contributed by atoms with Crippen LogP contribution in [0.15, 0.2) is 0 Å². The molecule has 15 heavy (non-hydrogen) atoms. The second-order valence-electron chi connectivity index (χ2n) is 5.84. The summed E-state index contributed by atoms with van der Waals surface area (Å²) in [5, 5.41) is 0. The van der Waals surface area contributed by atoms with Crippen molar-refractivity contribution in [1.82, 2.24) is 4.90 Å². The van der Waals surface area contributed by atoms with Crippen LogP contribution in [-0.4, -0.2) is 31.1 Å². The second-order valence-corrected chi connectivity index (χ2v) is 5.84. The zero-order valence-corrected chi connectivity index (χ0v) is 10.8. The van der Waals surface area contributed by atoms with E-state index in [0.717, 1.165) is 12.5 Å². The van der Waals surface area contributed by atoms with Crippen LogP contribution in [-0.2, 0) is 0 Å². The standard InChI is InChI=1S/C13H28N2/c1-4-12-6-9-15(10-12)8-5-7-13(2,3)11-14/h12H,4-11,14H2,1-3H3. The highest BCUT2D eigenvalue weighted by Crippen LogP contribution is 2.23. The van der Waals surface area contributed by atoms with Crippen LogP contribution < -0.4 is 5.73 Å². The zero-order chi connectivity index (χ0) is 11.3. The van der Waals surface area contributed by atoms with E-state index in [2.05, 4.69) is 25.7 Å². The highest BCUT2D eigenvalue weighted by atomic mass is 15.1. The molecule has 90 valence electrons. The molecule has 1 saturated heterocycles. The van der Waals surface area contributed by atoms with E-state index in [1.807, 2.05) is 0 Å². The highest BCUT2D eigenvalue weighted by Gasteiger charge is 2.21. The third kappa shape index (κ3) is 4.52. The number of hydrogen-bond acceptors (Lipinski definition) is 2. The Morgan fingerprint density at radius 3 is 2.67 bits per heavy atom. The molecule has 1 atom stereocenters. The quantitative estimate of drug-likeness (QED) is 0.733. The van der Waals surface area contributed by atoms with Crippen LogP contribution in [0.3, 0.4) is 0 Å². The molecule has 2 heteroatoms. The Balaban J connectivity index is 2.11. The van der Waals surface area contributed by atoms with E-state index < -0.39 is 0 Å². The van der Waals surface area contributed by atoms with E-state index in [1.165, 1.54) is 45.3 Å². The third-order valence-electron chi connectivity index (χ3n) is 3.83. The summed E-state index contributed by atoms with van der Waals surface area (Å²) >= 11 is 0. The summed E-state index contributed by atoms with van der Waals surface area (Å²) in [6.07, 6.45) is 5.33. The highest BCUT2D eigenvalue weighted by molar-refractivity contribution is 4.76. The van der Waals surface area contributed by atoms with Crippen molar-refractivity contribution >= 4 is 0 Å². The number of rotatable bonds is 6. The summed E-state index contributed by atoms with van der Waals surface area (Å²) in [7, 11) is 0. The Kier molecular flexibility index (Phi) is 5.07. The lowest BCUT2D eigenvalue weighted by molar-refractivity contribution is 0.272. The molecule has 1 fully saturated rings. The normalized spacial score (nSPS) is 23.6. The van der Waals surface area contributed by atoms with Crippen LogP contribution in [0, 0.1) is 11.3 Å². The molecule has 1 unspecified atom stereocenters. The molecule has 1 rings (SSSR count). The first-order chi connectivity index (χ1) is 7.07. The van der Waals surface area contributed by atoms with Crippen molar-refractivity contribution in [3.8, 4) is 0 Å². The zero-order valence-electron chi connectivity index (χ0n) is 10.8. The maximum Gasteiger partial charge on any atom is 0.00100 e. The molecular formula is C13H28N2. The smallest absolute Gasteiger partial charge is 0.00100 e. The van der Waals surface area contributed by atoms with Crippen LogP contribution in [0.5, 0.6) is 0 Å². The molecule has 2 nitrogen and oxygen atoms in total. The molecule has 0 aromatic carbocycles. The number of hydrogen-bond donors (Lipinski definition) is 1. The molecule has 1 aliphatic rings. The molecule has 0 spiro atoms. The van der Waals surface area contributed by atoms with Gasteiger partial charge in [0.25, 0.3) is 0 Å². The van der Waals surface area contributed by atoms with Crippen molar-refractivity contribution < 1.29 is 0 Å². The van der Waals surface area contributed by atoms with Gasteiger partial charge in [-0.3, -0.25) is 0 Å². The molecule has 0 saturated carbocycles. The molecule has 1 aliphatic heterocycles. The van der Waals surface area contributed by atoms with Crippen LogP contribution in [0.1, 0.15) is 46.5 Å². The first-order valence-corrected chi connectivity index (χ1v) is 6.50. The van der Waals surface area contributed by atoms with Crippen molar-refractivity contribution in [3.63, 3.8) is 0 Å². The lowest BCUT2D eigenvalue weighted by Crippen LogP contribution is -2.27. The number of likely N-dealkylation sites (tertiary alicyclic amines) is 1. The summed E-state index contributed by atoms with van der Waals surface area (Å²) in [6.45, 7) is 11.6. The van der Waals surface area contributed by atoms with E-state index in [-0.39, 0.29) is 0 Å². The fourth-order valence-electron chi connectivity index (χ4n) is 2.33. The van der Waals surface area contributed by atoms with Crippen molar-refractivity contribution in [3.05, 3.63) is 0 Å². The van der Waals surface area contributed by atoms with Gasteiger partial charge in [0.1, 0.15) is 0 Å². The first kappa shape index (κ1) is 13.0. The molecule has 0 aliphatic carbocycles. The van der Waals surface area contributed by atoms with Gasteiger partial charge in [0, 0.05) is 6.54 Å². The number of nitrogens with zero attached hydrogens (tertiary/aromatic N) is 1. The fraction of sp³-hybridized carbons (Fsp3) is 1.00. The van der Waals surface area contributed by atoms with Gasteiger partial charge in [0.05, 0.1) is 0 Å². The maximum absolute atomic E-state index is 5.73. The predicted molar refractivity (Wildman–Crippen MR) is 66.9 cm³/mol. The first-order valence-electron chi connectivity index (χ1n) is 6.50. The lowest BCUT2D eigenvalue weighted by atomic mass is 9.88. The van der Waals surface area contributed by atoms with E-state index in [1.54, 1.807) is 0 Å². The lowest BCUT2D eigenvalue weighted by Gasteiger charge is -2.24. The van der Waals surface area contributed by atoms with Gasteiger partial charge in [0.15, 0.2) is 0 Å². The van der Waals surface area contributed by atoms with Gasteiger partial charge < -0.3 is 10.6 Å². The summed E-state index contributed by atoms with van der Waals surface area (Å²) in [5.41, 5.74) is 6.07. The minimum Gasteiger partial charge on any atom is -0.330 e. The van der Waals surface area contributed by atoms with Crippen molar-refractivity contribution in [2.75, 3.05) is 26.2 Å². The van der Waals surface area contributed by atoms with Gasteiger partial charge in [0.2, 0.25) is 0 Å². The van der Waals surface area contributed by atoms with E-state index >= 15 is 0 Å². The van der Waals surface area contributed by atoms with Gasteiger partial charge >= 0.3 is 0 Å². The average molecular weight is 212 g/mol. The van der Waals surface area contributed by atoms with Crippen molar-refractivity contribution in [2.45, 2.75) is 46.5 Å². The van der Waals surface area contributed by atoms with Gasteiger partial charge in [-0.15, -0.1) is 0 Å². The molecular weight excluding hydrogens is 184 g/mol. The second kappa shape index (κ2) is 5.86. The molecule has 0 aromatic rings. The van der Waals surface area contributed by atoms with Gasteiger partial charge in [-0.25, -0.2) is 0 Å². The molecule has 0 amide bonds. The Labute approximate surface area is 95.2 Å². The fourth-order valence-corrected chi connectivity index (χ4v) is 2.33. The molecule has 0 radical (unpaired) electrons. The summed E-state index contributed by atoms with van der Waals surface area (Å²) in [6, 6.07) is 0. The monoisotopic (exact) mass is 212 g/mol. The Morgan fingerprint density at radius 1 is 1.40 bits per heavy atom. The SMILES string of the molecule is CCC1CCN(CCCC(C)(C)CN)C1. The summed E-state index contributed by atoms with van der Waals surface area (Å²) < 4.78 is 0. The maximum atomic E-state index is 5.73. The predicted octanol–water partition coefficient (Wildman–Crippen LogP) is 2.48. The Hall–Kier alpha value is -0.0800. The van der Waals surface area contributed by atoms with Gasteiger partial charge in [-0.1, -0.05) is 27.2 Å². The Morgan fingerprint density at radius 2 is 2.13 bits per heavy atom. The number of nitrogens with two attached hydrogens (primary N) is 1. The van der Waals surface area contributed by atoms with Crippen LogP contribution in [0.4, 0.5) is 0 Å². The largest absolute Gasteiger partial charge is 0.330 e. The summed E-state index contributed by atoms with van der Waals surface area (Å²) in [4.78, 5) is 2.63. The molecule has 1 heterocycles.